The minimum absolute atomic E-state index is 0.0135. The summed E-state index contributed by atoms with van der Waals surface area (Å²) in [4.78, 5) is 15.3. The molecule has 7 nitrogen and oxygen atoms in total. The first-order chi connectivity index (χ1) is 11.3. The maximum atomic E-state index is 8.97. The molecule has 122 valence electrons. The van der Waals surface area contributed by atoms with E-state index in [-0.39, 0.29) is 12.6 Å². The number of piperidine rings is 1. The Bertz CT molecular complexity index is 617. The summed E-state index contributed by atoms with van der Waals surface area (Å²) in [5.74, 6) is 1.71. The number of anilines is 2. The Morgan fingerprint density at radius 2 is 1.83 bits per heavy atom. The van der Waals surface area contributed by atoms with Gasteiger partial charge in [0.2, 0.25) is 11.9 Å². The first-order valence-corrected chi connectivity index (χ1v) is 7.94. The largest absolute Gasteiger partial charge is 0.424 e. The van der Waals surface area contributed by atoms with Crippen molar-refractivity contribution in [2.24, 2.45) is 0 Å². The highest BCUT2D eigenvalue weighted by atomic mass is 16.5. The zero-order chi connectivity index (χ0) is 15.9. The monoisotopic (exact) mass is 315 g/mol. The number of aromatic nitrogens is 3. The second kappa shape index (κ2) is 7.73. The van der Waals surface area contributed by atoms with E-state index in [0.29, 0.717) is 24.2 Å². The molecule has 0 atom stereocenters. The summed E-state index contributed by atoms with van der Waals surface area (Å²) in [6, 6.07) is 9.68. The van der Waals surface area contributed by atoms with Crippen LogP contribution in [0.4, 0.5) is 11.9 Å². The van der Waals surface area contributed by atoms with E-state index < -0.39 is 0 Å². The van der Waals surface area contributed by atoms with Crippen molar-refractivity contribution >= 4 is 11.9 Å². The molecule has 0 aliphatic carbocycles. The van der Waals surface area contributed by atoms with Gasteiger partial charge in [-0.1, -0.05) is 18.2 Å². The molecule has 0 amide bonds. The average Bonchev–Trinajstić information content (AvgIpc) is 2.61. The Morgan fingerprint density at radius 1 is 1.04 bits per heavy atom. The molecule has 1 aliphatic heterocycles. The van der Waals surface area contributed by atoms with Gasteiger partial charge in [-0.3, -0.25) is 0 Å². The highest BCUT2D eigenvalue weighted by Crippen LogP contribution is 2.22. The van der Waals surface area contributed by atoms with Gasteiger partial charge in [0, 0.05) is 19.6 Å². The van der Waals surface area contributed by atoms with Crippen molar-refractivity contribution in [2.45, 2.75) is 19.3 Å². The summed E-state index contributed by atoms with van der Waals surface area (Å²) in [6.45, 7) is 2.27. The molecule has 1 aliphatic rings. The molecule has 0 unspecified atom stereocenters. The Morgan fingerprint density at radius 3 is 2.57 bits per heavy atom. The van der Waals surface area contributed by atoms with Crippen LogP contribution < -0.4 is 15.0 Å². The minimum atomic E-state index is 0.0135. The first kappa shape index (κ1) is 15.5. The lowest BCUT2D eigenvalue weighted by molar-refractivity contribution is 0.310. The van der Waals surface area contributed by atoms with E-state index >= 15 is 0 Å². The fourth-order valence-corrected chi connectivity index (χ4v) is 2.47. The third-order valence-electron chi connectivity index (χ3n) is 3.59. The van der Waals surface area contributed by atoms with Crippen LogP contribution in [0, 0.1) is 0 Å². The van der Waals surface area contributed by atoms with Gasteiger partial charge in [-0.05, 0) is 31.4 Å². The van der Waals surface area contributed by atoms with Gasteiger partial charge in [-0.25, -0.2) is 0 Å². The predicted molar refractivity (Wildman–Crippen MR) is 88.0 cm³/mol. The van der Waals surface area contributed by atoms with Crippen molar-refractivity contribution in [1.29, 1.82) is 0 Å². The Kier molecular flexibility index (Phi) is 5.21. The van der Waals surface area contributed by atoms with E-state index in [1.165, 1.54) is 6.42 Å². The highest BCUT2D eigenvalue weighted by Gasteiger charge is 2.17. The third-order valence-corrected chi connectivity index (χ3v) is 3.59. The molecule has 2 aromatic rings. The van der Waals surface area contributed by atoms with E-state index in [4.69, 9.17) is 9.84 Å². The van der Waals surface area contributed by atoms with Crippen molar-refractivity contribution in [2.75, 3.05) is 36.5 Å². The number of para-hydroxylation sites is 1. The topological polar surface area (TPSA) is 83.4 Å². The summed E-state index contributed by atoms with van der Waals surface area (Å²) in [5.41, 5.74) is 0. The molecule has 23 heavy (non-hydrogen) atoms. The Hall–Kier alpha value is -2.41. The van der Waals surface area contributed by atoms with Crippen LogP contribution in [0.2, 0.25) is 0 Å². The van der Waals surface area contributed by atoms with Crippen LogP contribution in [0.25, 0.3) is 0 Å². The normalized spacial score (nSPS) is 14.6. The molecule has 0 bridgehead atoms. The lowest BCUT2D eigenvalue weighted by Gasteiger charge is -2.26. The van der Waals surface area contributed by atoms with E-state index in [0.717, 1.165) is 25.9 Å². The quantitative estimate of drug-likeness (QED) is 0.844. The summed E-state index contributed by atoms with van der Waals surface area (Å²) >= 11 is 0. The van der Waals surface area contributed by atoms with Crippen LogP contribution >= 0.6 is 0 Å². The average molecular weight is 315 g/mol. The van der Waals surface area contributed by atoms with E-state index in [1.807, 2.05) is 30.3 Å². The lowest BCUT2D eigenvalue weighted by Crippen LogP contribution is -2.31. The van der Waals surface area contributed by atoms with Gasteiger partial charge in [0.15, 0.2) is 0 Å². The van der Waals surface area contributed by atoms with Crippen LogP contribution in [-0.2, 0) is 0 Å². The van der Waals surface area contributed by atoms with Gasteiger partial charge >= 0.3 is 6.01 Å². The molecule has 1 saturated heterocycles. The van der Waals surface area contributed by atoms with Gasteiger partial charge in [-0.15, -0.1) is 0 Å². The molecule has 2 heterocycles. The minimum Gasteiger partial charge on any atom is -0.424 e. The van der Waals surface area contributed by atoms with Gasteiger partial charge in [0.1, 0.15) is 5.75 Å². The van der Waals surface area contributed by atoms with Crippen LogP contribution in [0.5, 0.6) is 11.8 Å². The van der Waals surface area contributed by atoms with Crippen molar-refractivity contribution in [3.05, 3.63) is 30.3 Å². The van der Waals surface area contributed by atoms with Crippen molar-refractivity contribution in [1.82, 2.24) is 15.0 Å². The number of rotatable bonds is 6. The van der Waals surface area contributed by atoms with Crippen molar-refractivity contribution in [3.63, 3.8) is 0 Å². The molecule has 1 aromatic carbocycles. The fourth-order valence-electron chi connectivity index (χ4n) is 2.47. The molecule has 1 fully saturated rings. The molecule has 3 rings (SSSR count). The van der Waals surface area contributed by atoms with Gasteiger partial charge in [-0.2, -0.15) is 15.0 Å². The van der Waals surface area contributed by atoms with Crippen LogP contribution in [0.1, 0.15) is 19.3 Å². The maximum absolute atomic E-state index is 8.97. The molecule has 7 heteroatoms. The summed E-state index contributed by atoms with van der Waals surface area (Å²) in [5, 5.41) is 12.0. The maximum Gasteiger partial charge on any atom is 0.328 e. The number of ether oxygens (including phenoxy) is 1. The second-order valence-electron chi connectivity index (χ2n) is 5.35. The van der Waals surface area contributed by atoms with E-state index in [1.54, 1.807) is 0 Å². The summed E-state index contributed by atoms with van der Waals surface area (Å²) in [6.07, 6.45) is 3.52. The standard InChI is InChI=1S/C16H21N5O2/c22-12-9-17-14-18-15(21-10-5-2-6-11-21)20-16(19-14)23-13-7-3-1-4-8-13/h1,3-4,7-8,22H,2,5-6,9-12H2,(H,17,18,19,20). The predicted octanol–water partition coefficient (Wildman–Crippen LogP) is 2.06. The highest BCUT2D eigenvalue weighted by molar-refractivity contribution is 5.39. The SMILES string of the molecule is OCCNc1nc(Oc2ccccc2)nc(N2CCCCC2)n1. The number of hydrogen-bond donors (Lipinski definition) is 2. The van der Waals surface area contributed by atoms with Gasteiger partial charge in [0.05, 0.1) is 6.61 Å². The molecule has 0 radical (unpaired) electrons. The zero-order valence-electron chi connectivity index (χ0n) is 13.0. The van der Waals surface area contributed by atoms with Crippen LogP contribution in [0.3, 0.4) is 0 Å². The number of nitrogens with zero attached hydrogens (tertiary/aromatic N) is 4. The number of hydrogen-bond acceptors (Lipinski definition) is 7. The molecule has 0 spiro atoms. The second-order valence-corrected chi connectivity index (χ2v) is 5.35. The lowest BCUT2D eigenvalue weighted by atomic mass is 10.1. The molecular formula is C16H21N5O2. The number of aliphatic hydroxyl groups excluding tert-OH is 1. The molecule has 2 N–H and O–H groups in total. The zero-order valence-corrected chi connectivity index (χ0v) is 13.0. The number of nitrogens with one attached hydrogen (secondary N) is 1. The Balaban J connectivity index is 1.84. The smallest absolute Gasteiger partial charge is 0.328 e. The molecule has 0 saturated carbocycles. The van der Waals surface area contributed by atoms with Crippen LogP contribution in [-0.4, -0.2) is 46.3 Å². The summed E-state index contributed by atoms with van der Waals surface area (Å²) in [7, 11) is 0. The molecular weight excluding hydrogens is 294 g/mol. The summed E-state index contributed by atoms with van der Waals surface area (Å²) < 4.78 is 5.74. The van der Waals surface area contributed by atoms with E-state index in [2.05, 4.69) is 25.2 Å². The Labute approximate surface area is 135 Å². The first-order valence-electron chi connectivity index (χ1n) is 7.94. The third kappa shape index (κ3) is 4.29. The van der Waals surface area contributed by atoms with Crippen LogP contribution in [0.15, 0.2) is 30.3 Å². The van der Waals surface area contributed by atoms with Crippen molar-refractivity contribution < 1.29 is 9.84 Å². The number of benzene rings is 1. The number of aliphatic hydroxyl groups is 1. The fraction of sp³-hybridized carbons (Fsp3) is 0.438. The van der Waals surface area contributed by atoms with Gasteiger partial charge < -0.3 is 20.1 Å². The van der Waals surface area contributed by atoms with Crippen molar-refractivity contribution in [3.8, 4) is 11.8 Å². The van der Waals surface area contributed by atoms with E-state index in [9.17, 15) is 0 Å². The molecule has 1 aromatic heterocycles. The van der Waals surface area contributed by atoms with Gasteiger partial charge in [0.25, 0.3) is 0 Å².